The summed E-state index contributed by atoms with van der Waals surface area (Å²) >= 11 is 1.65. The molecule has 14 heavy (non-hydrogen) atoms. The molecule has 0 radical (unpaired) electrons. The highest BCUT2D eigenvalue weighted by molar-refractivity contribution is 7.10. The molecule has 2 heterocycles. The minimum absolute atomic E-state index is 0.231. The summed E-state index contributed by atoms with van der Waals surface area (Å²) in [7, 11) is 0. The van der Waals surface area contributed by atoms with Gasteiger partial charge in [0.15, 0.2) is 6.29 Å². The average Bonchev–Trinajstić information content (AvgIpc) is 2.75. The lowest BCUT2D eigenvalue weighted by Gasteiger charge is -2.13. The van der Waals surface area contributed by atoms with Gasteiger partial charge in [-0.3, -0.25) is 0 Å². The highest BCUT2D eigenvalue weighted by atomic mass is 32.1. The van der Waals surface area contributed by atoms with E-state index >= 15 is 0 Å². The van der Waals surface area contributed by atoms with Gasteiger partial charge in [-0.2, -0.15) is 0 Å². The number of ether oxygens (including phenoxy) is 2. The second-order valence-electron chi connectivity index (χ2n) is 3.41. The highest BCUT2D eigenvalue weighted by Crippen LogP contribution is 2.25. The second-order valence-corrected chi connectivity index (χ2v) is 4.53. The Bertz CT molecular complexity index is 291. The van der Waals surface area contributed by atoms with Crippen LogP contribution in [0.15, 0.2) is 11.4 Å². The quantitative estimate of drug-likeness (QED) is 0.834. The summed E-state index contributed by atoms with van der Waals surface area (Å²) in [6.07, 6.45) is -0.177. The van der Waals surface area contributed by atoms with E-state index in [9.17, 15) is 5.11 Å². The summed E-state index contributed by atoms with van der Waals surface area (Å²) in [4.78, 5) is 1.22. The number of hydrogen-bond donors (Lipinski definition) is 1. The Morgan fingerprint density at radius 2 is 2.29 bits per heavy atom. The standard InChI is InChI=1S/C10H14O3S/c1-7-4-8(6-14-7)9(11)5-10-12-2-3-13-10/h4,6,9-11H,2-3,5H2,1H3. The molecular formula is C10H14O3S. The van der Waals surface area contributed by atoms with Crippen LogP contribution in [0, 0.1) is 6.92 Å². The molecule has 1 aliphatic rings. The van der Waals surface area contributed by atoms with E-state index in [4.69, 9.17) is 9.47 Å². The summed E-state index contributed by atoms with van der Waals surface area (Å²) in [5.41, 5.74) is 0.964. The van der Waals surface area contributed by atoms with Crippen LogP contribution in [0.25, 0.3) is 0 Å². The molecule has 1 aromatic heterocycles. The Morgan fingerprint density at radius 1 is 1.57 bits per heavy atom. The average molecular weight is 214 g/mol. The third-order valence-corrected chi connectivity index (χ3v) is 3.12. The first kappa shape index (κ1) is 10.1. The Hall–Kier alpha value is -0.420. The molecule has 0 amide bonds. The van der Waals surface area contributed by atoms with Crippen molar-refractivity contribution < 1.29 is 14.6 Å². The van der Waals surface area contributed by atoms with Crippen LogP contribution >= 0.6 is 11.3 Å². The van der Waals surface area contributed by atoms with Gasteiger partial charge in [-0.25, -0.2) is 0 Å². The van der Waals surface area contributed by atoms with E-state index in [0.29, 0.717) is 19.6 Å². The van der Waals surface area contributed by atoms with Crippen molar-refractivity contribution in [3.05, 3.63) is 21.9 Å². The zero-order valence-electron chi connectivity index (χ0n) is 8.10. The number of rotatable bonds is 3. The van der Waals surface area contributed by atoms with Gasteiger partial charge in [-0.1, -0.05) is 0 Å². The van der Waals surface area contributed by atoms with Crippen molar-refractivity contribution in [1.29, 1.82) is 0 Å². The molecule has 0 saturated carbocycles. The third-order valence-electron chi connectivity index (χ3n) is 2.24. The van der Waals surface area contributed by atoms with Crippen molar-refractivity contribution in [2.75, 3.05) is 13.2 Å². The zero-order chi connectivity index (χ0) is 9.97. The molecule has 4 heteroatoms. The molecule has 0 aliphatic carbocycles. The largest absolute Gasteiger partial charge is 0.388 e. The molecule has 1 aliphatic heterocycles. The maximum Gasteiger partial charge on any atom is 0.160 e. The molecule has 0 aromatic carbocycles. The minimum atomic E-state index is -0.469. The van der Waals surface area contributed by atoms with E-state index in [2.05, 4.69) is 0 Å². The summed E-state index contributed by atoms with van der Waals surface area (Å²) in [6.45, 7) is 3.31. The highest BCUT2D eigenvalue weighted by Gasteiger charge is 2.21. The Balaban J connectivity index is 1.91. The van der Waals surface area contributed by atoms with Crippen molar-refractivity contribution in [2.24, 2.45) is 0 Å². The monoisotopic (exact) mass is 214 g/mol. The molecule has 0 bridgehead atoms. The van der Waals surface area contributed by atoms with Crippen LogP contribution in [-0.2, 0) is 9.47 Å². The Labute approximate surface area is 87.3 Å². The first-order valence-electron chi connectivity index (χ1n) is 4.72. The lowest BCUT2D eigenvalue weighted by atomic mass is 10.1. The number of hydrogen-bond acceptors (Lipinski definition) is 4. The molecule has 1 N–H and O–H groups in total. The first-order chi connectivity index (χ1) is 6.75. The topological polar surface area (TPSA) is 38.7 Å². The summed E-state index contributed by atoms with van der Waals surface area (Å²) in [5, 5.41) is 11.8. The van der Waals surface area contributed by atoms with Gasteiger partial charge in [0.1, 0.15) is 0 Å². The summed E-state index contributed by atoms with van der Waals surface area (Å²) in [6, 6.07) is 2.00. The van der Waals surface area contributed by atoms with Crippen molar-refractivity contribution in [3.8, 4) is 0 Å². The van der Waals surface area contributed by atoms with Gasteiger partial charge in [-0.15, -0.1) is 11.3 Å². The Morgan fingerprint density at radius 3 is 2.86 bits per heavy atom. The molecular weight excluding hydrogens is 200 g/mol. The van der Waals surface area contributed by atoms with Crippen LogP contribution in [0.3, 0.4) is 0 Å². The van der Waals surface area contributed by atoms with Gasteiger partial charge in [0.25, 0.3) is 0 Å². The Kier molecular flexibility index (Phi) is 3.18. The molecule has 1 fully saturated rings. The summed E-state index contributed by atoms with van der Waals surface area (Å²) in [5.74, 6) is 0. The molecule has 3 nitrogen and oxygen atoms in total. The van der Waals surface area contributed by atoms with E-state index in [-0.39, 0.29) is 6.29 Å². The van der Waals surface area contributed by atoms with Crippen LogP contribution < -0.4 is 0 Å². The number of aliphatic hydroxyl groups is 1. The summed E-state index contributed by atoms with van der Waals surface area (Å²) < 4.78 is 10.5. The van der Waals surface area contributed by atoms with Gasteiger partial charge in [0.2, 0.25) is 0 Å². The molecule has 1 unspecified atom stereocenters. The molecule has 2 rings (SSSR count). The predicted octanol–water partition coefficient (Wildman–Crippen LogP) is 1.85. The van der Waals surface area contributed by atoms with Crippen LogP contribution in [0.4, 0.5) is 0 Å². The zero-order valence-corrected chi connectivity index (χ0v) is 8.92. The van der Waals surface area contributed by atoms with E-state index < -0.39 is 6.10 Å². The SMILES string of the molecule is Cc1cc(C(O)CC2OCCO2)cs1. The number of aliphatic hydroxyl groups excluding tert-OH is 1. The van der Waals surface area contributed by atoms with Crippen molar-refractivity contribution >= 4 is 11.3 Å². The van der Waals surface area contributed by atoms with Crippen LogP contribution in [-0.4, -0.2) is 24.6 Å². The number of aryl methyl sites for hydroxylation is 1. The second kappa shape index (κ2) is 4.40. The lowest BCUT2D eigenvalue weighted by Crippen LogP contribution is -2.12. The van der Waals surface area contributed by atoms with Gasteiger partial charge < -0.3 is 14.6 Å². The number of thiophene rings is 1. The fourth-order valence-electron chi connectivity index (χ4n) is 1.50. The minimum Gasteiger partial charge on any atom is -0.388 e. The molecule has 1 atom stereocenters. The molecule has 0 spiro atoms. The van der Waals surface area contributed by atoms with Crippen molar-refractivity contribution in [2.45, 2.75) is 25.7 Å². The van der Waals surface area contributed by atoms with E-state index in [1.54, 1.807) is 11.3 Å². The fraction of sp³-hybridized carbons (Fsp3) is 0.600. The van der Waals surface area contributed by atoms with Gasteiger partial charge in [0.05, 0.1) is 19.3 Å². The third kappa shape index (κ3) is 2.33. The molecule has 1 saturated heterocycles. The predicted molar refractivity (Wildman–Crippen MR) is 54.3 cm³/mol. The van der Waals surface area contributed by atoms with Gasteiger partial charge in [0, 0.05) is 11.3 Å². The lowest BCUT2D eigenvalue weighted by molar-refractivity contribution is -0.0707. The van der Waals surface area contributed by atoms with Crippen LogP contribution in [0.2, 0.25) is 0 Å². The fourth-order valence-corrected chi connectivity index (χ4v) is 2.25. The maximum absolute atomic E-state index is 9.84. The van der Waals surface area contributed by atoms with E-state index in [0.717, 1.165) is 5.56 Å². The van der Waals surface area contributed by atoms with E-state index in [1.165, 1.54) is 4.88 Å². The first-order valence-corrected chi connectivity index (χ1v) is 5.60. The maximum atomic E-state index is 9.84. The van der Waals surface area contributed by atoms with E-state index in [1.807, 2.05) is 18.4 Å². The molecule has 78 valence electrons. The van der Waals surface area contributed by atoms with Crippen LogP contribution in [0.1, 0.15) is 23.0 Å². The van der Waals surface area contributed by atoms with Crippen LogP contribution in [0.5, 0.6) is 0 Å². The van der Waals surface area contributed by atoms with Gasteiger partial charge >= 0.3 is 0 Å². The molecule has 1 aromatic rings. The smallest absolute Gasteiger partial charge is 0.160 e. The van der Waals surface area contributed by atoms with Gasteiger partial charge in [-0.05, 0) is 23.9 Å². The van der Waals surface area contributed by atoms with Crippen molar-refractivity contribution in [3.63, 3.8) is 0 Å². The normalized spacial score (nSPS) is 20.1. The van der Waals surface area contributed by atoms with Crippen molar-refractivity contribution in [1.82, 2.24) is 0 Å².